The summed E-state index contributed by atoms with van der Waals surface area (Å²) in [7, 11) is 0. The Morgan fingerprint density at radius 1 is 0.667 bits per heavy atom. The zero-order valence-corrected chi connectivity index (χ0v) is 22.0. The molecule has 3 aromatic rings. The van der Waals surface area contributed by atoms with E-state index < -0.39 is 0 Å². The summed E-state index contributed by atoms with van der Waals surface area (Å²) < 4.78 is 11.4. The van der Waals surface area contributed by atoms with Crippen molar-refractivity contribution < 1.29 is 19.1 Å². The highest BCUT2D eigenvalue weighted by atomic mass is 16.5. The van der Waals surface area contributed by atoms with Crippen molar-refractivity contribution in [1.29, 1.82) is 0 Å². The smallest absolute Gasteiger partial charge is 0.262 e. The molecule has 190 valence electrons. The lowest BCUT2D eigenvalue weighted by Crippen LogP contribution is -2.23. The first kappa shape index (κ1) is 26.8. The minimum Gasteiger partial charge on any atom is -0.484 e. The van der Waals surface area contributed by atoms with Crippen LogP contribution < -0.4 is 20.1 Å². The molecule has 0 radical (unpaired) electrons. The standard InChI is InChI=1S/C30H36N2O4/c1-29(2,3)21-15-16-26(25(17-21)30(4,5)6)36-20-28(34)32-23-12-10-11-22(18-23)31-27(33)19-35-24-13-8-7-9-14-24/h7-18H,19-20H2,1-6H3,(H,31,33)(H,32,34). The Bertz CT molecular complexity index is 1190. The van der Waals surface area contributed by atoms with Gasteiger partial charge in [-0.2, -0.15) is 0 Å². The quantitative estimate of drug-likeness (QED) is 0.389. The number of amides is 2. The summed E-state index contributed by atoms with van der Waals surface area (Å²) >= 11 is 0. The third-order valence-corrected chi connectivity index (χ3v) is 5.56. The van der Waals surface area contributed by atoms with Gasteiger partial charge in [-0.3, -0.25) is 9.59 Å². The van der Waals surface area contributed by atoms with Gasteiger partial charge >= 0.3 is 0 Å². The second-order valence-electron chi connectivity index (χ2n) is 10.8. The lowest BCUT2D eigenvalue weighted by molar-refractivity contribution is -0.118. The van der Waals surface area contributed by atoms with Gasteiger partial charge in [-0.05, 0) is 58.4 Å². The predicted molar refractivity (Wildman–Crippen MR) is 145 cm³/mol. The molecule has 0 unspecified atom stereocenters. The number of benzene rings is 3. The van der Waals surface area contributed by atoms with Gasteiger partial charge in [0.05, 0.1) is 0 Å². The lowest BCUT2D eigenvalue weighted by atomic mass is 9.80. The van der Waals surface area contributed by atoms with Gasteiger partial charge in [0.1, 0.15) is 11.5 Å². The fraction of sp³-hybridized carbons (Fsp3) is 0.333. The van der Waals surface area contributed by atoms with Crippen LogP contribution >= 0.6 is 0 Å². The van der Waals surface area contributed by atoms with Crippen LogP contribution in [0.2, 0.25) is 0 Å². The Labute approximate surface area is 214 Å². The topological polar surface area (TPSA) is 76.7 Å². The molecule has 0 saturated heterocycles. The largest absolute Gasteiger partial charge is 0.484 e. The Morgan fingerprint density at radius 3 is 1.81 bits per heavy atom. The van der Waals surface area contributed by atoms with Crippen LogP contribution in [0.15, 0.2) is 72.8 Å². The maximum Gasteiger partial charge on any atom is 0.262 e. The molecule has 0 saturated carbocycles. The molecule has 36 heavy (non-hydrogen) atoms. The molecule has 0 atom stereocenters. The van der Waals surface area contributed by atoms with E-state index in [9.17, 15) is 9.59 Å². The van der Waals surface area contributed by atoms with E-state index in [1.165, 1.54) is 5.56 Å². The highest BCUT2D eigenvalue weighted by Crippen LogP contribution is 2.35. The van der Waals surface area contributed by atoms with Gasteiger partial charge in [0.15, 0.2) is 13.2 Å². The second-order valence-corrected chi connectivity index (χ2v) is 10.8. The first-order valence-corrected chi connectivity index (χ1v) is 12.1. The zero-order chi connectivity index (χ0) is 26.3. The lowest BCUT2D eigenvalue weighted by Gasteiger charge is -2.27. The molecule has 6 nitrogen and oxygen atoms in total. The first-order chi connectivity index (χ1) is 16.9. The molecule has 0 heterocycles. The SMILES string of the molecule is CC(C)(C)c1ccc(OCC(=O)Nc2cccc(NC(=O)COc3ccccc3)c2)c(C(C)(C)C)c1. The molecule has 0 aromatic heterocycles. The molecule has 2 N–H and O–H groups in total. The molecule has 2 amide bonds. The Kier molecular flexibility index (Phi) is 8.41. The molecule has 0 bridgehead atoms. The average Bonchev–Trinajstić information content (AvgIpc) is 2.81. The van der Waals surface area contributed by atoms with Crippen LogP contribution in [0.25, 0.3) is 0 Å². The van der Waals surface area contributed by atoms with E-state index >= 15 is 0 Å². The van der Waals surface area contributed by atoms with Gasteiger partial charge in [0, 0.05) is 11.4 Å². The van der Waals surface area contributed by atoms with Crippen LogP contribution in [0.5, 0.6) is 11.5 Å². The Hall–Kier alpha value is -3.80. The van der Waals surface area contributed by atoms with E-state index in [4.69, 9.17) is 9.47 Å². The molecule has 3 rings (SSSR count). The third-order valence-electron chi connectivity index (χ3n) is 5.56. The summed E-state index contributed by atoms with van der Waals surface area (Å²) in [6.07, 6.45) is 0. The molecular formula is C30H36N2O4. The van der Waals surface area contributed by atoms with Crippen LogP contribution in [-0.4, -0.2) is 25.0 Å². The minimum absolute atomic E-state index is 0.0179. The van der Waals surface area contributed by atoms with Crippen LogP contribution in [0.1, 0.15) is 52.7 Å². The first-order valence-electron chi connectivity index (χ1n) is 12.1. The van der Waals surface area contributed by atoms with Crippen molar-refractivity contribution in [3.63, 3.8) is 0 Å². The number of hydrogen-bond acceptors (Lipinski definition) is 4. The van der Waals surface area contributed by atoms with Crippen molar-refractivity contribution in [1.82, 2.24) is 0 Å². The Morgan fingerprint density at radius 2 is 1.25 bits per heavy atom. The van der Waals surface area contributed by atoms with E-state index in [1.54, 1.807) is 36.4 Å². The fourth-order valence-electron chi connectivity index (χ4n) is 3.59. The third kappa shape index (κ3) is 7.87. The van der Waals surface area contributed by atoms with Crippen LogP contribution in [-0.2, 0) is 20.4 Å². The molecule has 6 heteroatoms. The van der Waals surface area contributed by atoms with Gasteiger partial charge in [-0.1, -0.05) is 77.9 Å². The fourth-order valence-corrected chi connectivity index (χ4v) is 3.59. The monoisotopic (exact) mass is 488 g/mol. The second kappa shape index (κ2) is 11.3. The van der Waals surface area contributed by atoms with E-state index in [2.05, 4.69) is 64.3 Å². The van der Waals surface area contributed by atoms with Gasteiger partial charge in [-0.15, -0.1) is 0 Å². The summed E-state index contributed by atoms with van der Waals surface area (Å²) in [6, 6.07) is 22.3. The van der Waals surface area contributed by atoms with Crippen molar-refractivity contribution in [2.45, 2.75) is 52.4 Å². The van der Waals surface area contributed by atoms with Gasteiger partial charge in [0.25, 0.3) is 11.8 Å². The highest BCUT2D eigenvalue weighted by molar-refractivity contribution is 5.95. The molecule has 0 aliphatic carbocycles. The summed E-state index contributed by atoms with van der Waals surface area (Å²) in [5, 5.41) is 5.61. The molecule has 0 aliphatic heterocycles. The number of hydrogen-bond donors (Lipinski definition) is 2. The van der Waals surface area contributed by atoms with Crippen LogP contribution in [0.4, 0.5) is 11.4 Å². The van der Waals surface area contributed by atoms with E-state index in [-0.39, 0.29) is 35.9 Å². The summed E-state index contributed by atoms with van der Waals surface area (Å²) in [6.45, 7) is 12.7. The molecule has 0 aliphatic rings. The van der Waals surface area contributed by atoms with Gasteiger partial charge in [0.2, 0.25) is 0 Å². The number of carbonyl (C=O) groups excluding carboxylic acids is 2. The molecule has 0 fully saturated rings. The number of anilines is 2. The number of rotatable bonds is 8. The molecule has 3 aromatic carbocycles. The average molecular weight is 489 g/mol. The van der Waals surface area contributed by atoms with Crippen molar-refractivity contribution in [2.75, 3.05) is 23.8 Å². The van der Waals surface area contributed by atoms with Crippen LogP contribution in [0.3, 0.4) is 0 Å². The summed E-state index contributed by atoms with van der Waals surface area (Å²) in [4.78, 5) is 24.9. The van der Waals surface area contributed by atoms with Crippen molar-refractivity contribution in [2.24, 2.45) is 0 Å². The summed E-state index contributed by atoms with van der Waals surface area (Å²) in [5.41, 5.74) is 3.28. The summed E-state index contributed by atoms with van der Waals surface area (Å²) in [5.74, 6) is 0.742. The maximum atomic E-state index is 12.6. The maximum absolute atomic E-state index is 12.6. The van der Waals surface area contributed by atoms with Crippen molar-refractivity contribution in [3.05, 3.63) is 83.9 Å². The minimum atomic E-state index is -0.293. The number of carbonyl (C=O) groups is 2. The van der Waals surface area contributed by atoms with E-state index in [0.717, 1.165) is 5.56 Å². The van der Waals surface area contributed by atoms with Crippen molar-refractivity contribution in [3.8, 4) is 11.5 Å². The molecular weight excluding hydrogens is 452 g/mol. The number of ether oxygens (including phenoxy) is 2. The van der Waals surface area contributed by atoms with E-state index in [1.807, 2.05) is 24.3 Å². The predicted octanol–water partition coefficient (Wildman–Crippen LogP) is 6.32. The Balaban J connectivity index is 1.58. The van der Waals surface area contributed by atoms with Crippen LogP contribution in [0, 0.1) is 0 Å². The molecule has 0 spiro atoms. The number of para-hydroxylation sites is 1. The van der Waals surface area contributed by atoms with Crippen molar-refractivity contribution >= 4 is 23.2 Å². The van der Waals surface area contributed by atoms with E-state index in [0.29, 0.717) is 22.9 Å². The number of nitrogens with one attached hydrogen (secondary N) is 2. The van der Waals surface area contributed by atoms with Gasteiger partial charge in [-0.25, -0.2) is 0 Å². The normalized spacial score (nSPS) is 11.5. The zero-order valence-electron chi connectivity index (χ0n) is 22.0. The highest BCUT2D eigenvalue weighted by Gasteiger charge is 2.23. The van der Waals surface area contributed by atoms with Gasteiger partial charge < -0.3 is 20.1 Å².